The molecule has 1 nitrogen and oxygen atoms in total. The minimum absolute atomic E-state index is 0.102. The van der Waals surface area contributed by atoms with Gasteiger partial charge in [-0.25, -0.2) is 13.2 Å². The molecule has 0 aliphatic heterocycles. The molecule has 5 atom stereocenters. The molecular formula is C10H11F3O. The molecule has 4 saturated carbocycles. The van der Waals surface area contributed by atoms with E-state index >= 15 is 0 Å². The van der Waals surface area contributed by atoms with Gasteiger partial charge >= 0.3 is 0 Å². The maximum Gasteiger partial charge on any atom is 0.210 e. The largest absolute Gasteiger partial charge is 0.292 e. The van der Waals surface area contributed by atoms with Crippen LogP contribution in [0, 0.1) is 11.8 Å². The van der Waals surface area contributed by atoms with E-state index in [4.69, 9.17) is 0 Å². The van der Waals surface area contributed by atoms with Gasteiger partial charge in [0.05, 0.1) is 0 Å². The number of alkyl halides is 3. The molecular weight excluding hydrogens is 193 g/mol. The van der Waals surface area contributed by atoms with Crippen LogP contribution in [-0.4, -0.2) is 23.3 Å². The van der Waals surface area contributed by atoms with Gasteiger partial charge in [0, 0.05) is 0 Å². The lowest BCUT2D eigenvalue weighted by molar-refractivity contribution is -0.189. The van der Waals surface area contributed by atoms with E-state index in [0.29, 0.717) is 6.42 Å². The first-order valence-corrected chi connectivity index (χ1v) is 5.02. The number of ketones is 1. The molecule has 14 heavy (non-hydrogen) atoms. The predicted octanol–water partition coefficient (Wildman–Crippen LogP) is 2.14. The van der Waals surface area contributed by atoms with Crippen LogP contribution in [0.1, 0.15) is 25.7 Å². The van der Waals surface area contributed by atoms with Crippen molar-refractivity contribution >= 4 is 5.78 Å². The van der Waals surface area contributed by atoms with E-state index in [9.17, 15) is 18.0 Å². The van der Waals surface area contributed by atoms with Crippen molar-refractivity contribution in [2.75, 3.05) is 0 Å². The predicted molar refractivity (Wildman–Crippen MR) is 43.0 cm³/mol. The number of rotatable bonds is 0. The van der Waals surface area contributed by atoms with Gasteiger partial charge in [0.25, 0.3) is 0 Å². The summed E-state index contributed by atoms with van der Waals surface area (Å²) in [6.45, 7) is 0. The summed E-state index contributed by atoms with van der Waals surface area (Å²) < 4.78 is 41.4. The Kier molecular flexibility index (Phi) is 1.36. The summed E-state index contributed by atoms with van der Waals surface area (Å²) in [6, 6.07) is 0. The molecule has 4 heteroatoms. The van der Waals surface area contributed by atoms with Gasteiger partial charge in [0.1, 0.15) is 6.17 Å². The fraction of sp³-hybridized carbons (Fsp3) is 0.900. The van der Waals surface area contributed by atoms with Crippen molar-refractivity contribution in [3.05, 3.63) is 0 Å². The van der Waals surface area contributed by atoms with Crippen LogP contribution < -0.4 is 0 Å². The summed E-state index contributed by atoms with van der Waals surface area (Å²) >= 11 is 0. The number of halogens is 3. The molecule has 4 aliphatic rings. The average Bonchev–Trinajstić information content (AvgIpc) is 2.10. The molecule has 0 heterocycles. The van der Waals surface area contributed by atoms with Crippen molar-refractivity contribution in [1.29, 1.82) is 0 Å². The van der Waals surface area contributed by atoms with Crippen molar-refractivity contribution in [2.24, 2.45) is 11.8 Å². The molecule has 0 aromatic carbocycles. The number of carbonyl (C=O) groups excluding carboxylic acids is 1. The molecule has 0 N–H and O–H groups in total. The van der Waals surface area contributed by atoms with Gasteiger partial charge in [-0.2, -0.15) is 0 Å². The minimum atomic E-state index is -2.50. The van der Waals surface area contributed by atoms with Crippen molar-refractivity contribution in [2.45, 2.75) is 43.2 Å². The van der Waals surface area contributed by atoms with E-state index < -0.39 is 29.2 Å². The van der Waals surface area contributed by atoms with Crippen LogP contribution in [0.4, 0.5) is 13.2 Å². The van der Waals surface area contributed by atoms with Gasteiger partial charge in [-0.1, -0.05) is 0 Å². The first kappa shape index (κ1) is 8.74. The van der Waals surface area contributed by atoms with Gasteiger partial charge in [-0.05, 0) is 37.5 Å². The number of hydrogen-bond acceptors (Lipinski definition) is 1. The van der Waals surface area contributed by atoms with Gasteiger partial charge in [0.2, 0.25) is 11.5 Å². The molecule has 5 unspecified atom stereocenters. The van der Waals surface area contributed by atoms with E-state index in [0.717, 1.165) is 0 Å². The quantitative estimate of drug-likeness (QED) is 0.590. The minimum Gasteiger partial charge on any atom is -0.292 e. The molecule has 0 saturated heterocycles. The highest BCUT2D eigenvalue weighted by Crippen LogP contribution is 2.59. The molecule has 4 bridgehead atoms. The van der Waals surface area contributed by atoms with Crippen molar-refractivity contribution in [1.82, 2.24) is 0 Å². The van der Waals surface area contributed by atoms with Gasteiger partial charge in [-0.15, -0.1) is 0 Å². The maximum atomic E-state index is 14.0. The Morgan fingerprint density at radius 3 is 2.64 bits per heavy atom. The fourth-order valence-electron chi connectivity index (χ4n) is 3.61. The molecule has 4 aliphatic carbocycles. The zero-order chi connectivity index (χ0) is 10.1. The summed E-state index contributed by atoms with van der Waals surface area (Å²) in [4.78, 5) is 11.4. The highest BCUT2D eigenvalue weighted by atomic mass is 19.2. The summed E-state index contributed by atoms with van der Waals surface area (Å²) in [5.74, 6) is -1.83. The van der Waals surface area contributed by atoms with E-state index in [2.05, 4.69) is 0 Å². The van der Waals surface area contributed by atoms with E-state index in [1.54, 1.807) is 0 Å². The van der Waals surface area contributed by atoms with Crippen LogP contribution >= 0.6 is 0 Å². The fourth-order valence-corrected chi connectivity index (χ4v) is 3.61. The molecule has 4 fully saturated rings. The normalized spacial score (nSPS) is 60.8. The van der Waals surface area contributed by atoms with Crippen LogP contribution in [0.25, 0.3) is 0 Å². The second-order valence-corrected chi connectivity index (χ2v) is 5.03. The summed E-state index contributed by atoms with van der Waals surface area (Å²) in [5.41, 5.74) is -4.55. The molecule has 0 spiro atoms. The lowest BCUT2D eigenvalue weighted by Gasteiger charge is -2.55. The maximum absolute atomic E-state index is 14.0. The Hall–Kier alpha value is -0.540. The third kappa shape index (κ3) is 0.766. The SMILES string of the molecule is O=C1C2(F)CC3CC(C2)C(F)C1(F)C3. The van der Waals surface area contributed by atoms with Crippen LogP contribution in [0.15, 0.2) is 0 Å². The summed E-state index contributed by atoms with van der Waals surface area (Å²) in [6.07, 6.45) is -1.31. The van der Waals surface area contributed by atoms with Crippen LogP contribution in [0.5, 0.6) is 0 Å². The Bertz CT molecular complexity index is 318. The van der Waals surface area contributed by atoms with Crippen molar-refractivity contribution < 1.29 is 18.0 Å². The molecule has 4 rings (SSSR count). The first-order chi connectivity index (χ1) is 6.46. The molecule has 0 aromatic heterocycles. The Morgan fingerprint density at radius 1 is 1.21 bits per heavy atom. The second-order valence-electron chi connectivity index (χ2n) is 5.03. The monoisotopic (exact) mass is 204 g/mol. The highest BCUT2D eigenvalue weighted by Gasteiger charge is 2.70. The van der Waals surface area contributed by atoms with Gasteiger partial charge in [0.15, 0.2) is 5.67 Å². The lowest BCUT2D eigenvalue weighted by atomic mass is 9.52. The third-order valence-electron chi connectivity index (χ3n) is 4.06. The molecule has 0 amide bonds. The zero-order valence-electron chi connectivity index (χ0n) is 7.60. The molecule has 78 valence electrons. The van der Waals surface area contributed by atoms with E-state index in [-0.39, 0.29) is 25.2 Å². The summed E-state index contributed by atoms with van der Waals surface area (Å²) in [7, 11) is 0. The van der Waals surface area contributed by atoms with Crippen LogP contribution in [-0.2, 0) is 4.79 Å². The third-order valence-corrected chi connectivity index (χ3v) is 4.06. The number of hydrogen-bond donors (Lipinski definition) is 0. The number of carbonyl (C=O) groups is 1. The van der Waals surface area contributed by atoms with Crippen molar-refractivity contribution in [3.8, 4) is 0 Å². The number of Topliss-reactive ketones (excluding diaryl/α,β-unsaturated/α-hetero) is 1. The molecule has 0 aromatic rings. The van der Waals surface area contributed by atoms with Crippen molar-refractivity contribution in [3.63, 3.8) is 0 Å². The Morgan fingerprint density at radius 2 is 1.93 bits per heavy atom. The van der Waals surface area contributed by atoms with Gasteiger partial charge < -0.3 is 0 Å². The van der Waals surface area contributed by atoms with Gasteiger partial charge in [-0.3, -0.25) is 4.79 Å². The Labute approximate surface area is 79.7 Å². The van der Waals surface area contributed by atoms with Crippen LogP contribution in [0.3, 0.4) is 0 Å². The lowest BCUT2D eigenvalue weighted by Crippen LogP contribution is -2.68. The van der Waals surface area contributed by atoms with Crippen LogP contribution in [0.2, 0.25) is 0 Å². The summed E-state index contributed by atoms with van der Waals surface area (Å²) in [5, 5.41) is 0. The molecule has 0 radical (unpaired) electrons. The van der Waals surface area contributed by atoms with E-state index in [1.807, 2.05) is 0 Å². The highest BCUT2D eigenvalue weighted by molar-refractivity contribution is 5.97. The second kappa shape index (κ2) is 2.17. The van der Waals surface area contributed by atoms with E-state index in [1.165, 1.54) is 0 Å². The standard InChI is InChI=1S/C10H11F3O/c11-7-6-1-5-2-9(12,4-6)8(14)10(7,13)3-5/h5-7H,1-4H2. The zero-order valence-corrected chi connectivity index (χ0v) is 7.60. The topological polar surface area (TPSA) is 17.1 Å². The first-order valence-electron chi connectivity index (χ1n) is 5.02. The Balaban J connectivity index is 2.11. The average molecular weight is 204 g/mol. The smallest absolute Gasteiger partial charge is 0.210 e.